The molecule has 25 heavy (non-hydrogen) atoms. The molecular formula is C16H18F3IN4O. The third-order valence-corrected chi connectivity index (χ3v) is 3.01. The van der Waals surface area contributed by atoms with E-state index in [1.54, 1.807) is 0 Å². The molecule has 1 aromatic heterocycles. The number of rotatable bonds is 5. The van der Waals surface area contributed by atoms with Gasteiger partial charge in [0.05, 0.1) is 6.54 Å². The summed E-state index contributed by atoms with van der Waals surface area (Å²) in [5, 5.41) is 2.88. The third-order valence-electron chi connectivity index (χ3n) is 3.01. The van der Waals surface area contributed by atoms with Crippen molar-refractivity contribution in [3.05, 3.63) is 53.7 Å². The molecule has 0 aliphatic rings. The number of aliphatic imine (C=N–C) groups is 1. The van der Waals surface area contributed by atoms with Crippen molar-refractivity contribution < 1.29 is 17.9 Å². The topological polar surface area (TPSA) is 72.5 Å². The van der Waals surface area contributed by atoms with E-state index in [0.29, 0.717) is 0 Å². The Morgan fingerprint density at radius 1 is 1.24 bits per heavy atom. The Morgan fingerprint density at radius 3 is 2.56 bits per heavy atom. The Hall–Kier alpha value is -2.04. The predicted octanol–water partition coefficient (Wildman–Crippen LogP) is 3.83. The van der Waals surface area contributed by atoms with Crippen LogP contribution in [0.2, 0.25) is 0 Å². The van der Waals surface area contributed by atoms with Gasteiger partial charge in [-0.3, -0.25) is 0 Å². The van der Waals surface area contributed by atoms with Gasteiger partial charge in [0.15, 0.2) is 5.96 Å². The summed E-state index contributed by atoms with van der Waals surface area (Å²) in [7, 11) is 0. The number of pyridine rings is 1. The smallest absolute Gasteiger partial charge is 0.421 e. The first-order valence-electron chi connectivity index (χ1n) is 7.15. The highest BCUT2D eigenvalue weighted by Crippen LogP contribution is 2.34. The van der Waals surface area contributed by atoms with Crippen molar-refractivity contribution in [2.45, 2.75) is 13.1 Å². The number of nitrogens with zero attached hydrogens (tertiary/aromatic N) is 2. The minimum absolute atomic E-state index is 0. The average Bonchev–Trinajstić information content (AvgIpc) is 2.53. The van der Waals surface area contributed by atoms with Gasteiger partial charge in [-0.15, -0.1) is 24.0 Å². The molecule has 0 atom stereocenters. The zero-order chi connectivity index (χ0) is 17.6. The van der Waals surface area contributed by atoms with E-state index in [4.69, 9.17) is 10.5 Å². The van der Waals surface area contributed by atoms with Gasteiger partial charge in [-0.1, -0.05) is 17.7 Å². The number of hydrogen-bond donors (Lipinski definition) is 2. The second-order valence-electron chi connectivity index (χ2n) is 4.96. The molecule has 0 aliphatic carbocycles. The summed E-state index contributed by atoms with van der Waals surface area (Å²) < 4.78 is 43.4. The lowest BCUT2D eigenvalue weighted by Crippen LogP contribution is -2.23. The second-order valence-corrected chi connectivity index (χ2v) is 4.96. The molecular weight excluding hydrogens is 448 g/mol. The van der Waals surface area contributed by atoms with Crippen molar-refractivity contribution in [1.29, 1.82) is 0 Å². The zero-order valence-corrected chi connectivity index (χ0v) is 15.7. The number of alkyl halides is 3. The molecule has 1 heterocycles. The molecule has 0 spiro atoms. The first-order valence-corrected chi connectivity index (χ1v) is 7.15. The van der Waals surface area contributed by atoms with Crippen LogP contribution in [-0.4, -0.2) is 24.1 Å². The van der Waals surface area contributed by atoms with E-state index < -0.39 is 17.6 Å². The fourth-order valence-corrected chi connectivity index (χ4v) is 1.85. The molecule has 0 aliphatic heterocycles. The highest BCUT2D eigenvalue weighted by atomic mass is 127. The number of aromatic nitrogens is 1. The quantitative estimate of drug-likeness (QED) is 0.304. The van der Waals surface area contributed by atoms with Crippen LogP contribution in [0.5, 0.6) is 5.88 Å². The summed E-state index contributed by atoms with van der Waals surface area (Å²) in [5.74, 6) is -0.315. The SMILES string of the molecule is Cc1ccc(NC(N)=NCCOc2ncccc2C(F)(F)F)cc1.I. The van der Waals surface area contributed by atoms with Gasteiger partial charge in [0.2, 0.25) is 5.88 Å². The van der Waals surface area contributed by atoms with E-state index >= 15 is 0 Å². The van der Waals surface area contributed by atoms with E-state index in [-0.39, 0.29) is 43.1 Å². The van der Waals surface area contributed by atoms with E-state index in [0.717, 1.165) is 17.3 Å². The van der Waals surface area contributed by atoms with Crippen LogP contribution in [0.4, 0.5) is 18.9 Å². The van der Waals surface area contributed by atoms with Crippen molar-refractivity contribution >= 4 is 35.6 Å². The molecule has 0 amide bonds. The molecule has 0 saturated carbocycles. The number of anilines is 1. The van der Waals surface area contributed by atoms with Gasteiger partial charge >= 0.3 is 6.18 Å². The van der Waals surface area contributed by atoms with Crippen LogP contribution in [0.3, 0.4) is 0 Å². The van der Waals surface area contributed by atoms with Crippen molar-refractivity contribution in [2.75, 3.05) is 18.5 Å². The van der Waals surface area contributed by atoms with Crippen LogP contribution in [0, 0.1) is 6.92 Å². The molecule has 2 aromatic rings. The highest BCUT2D eigenvalue weighted by Gasteiger charge is 2.34. The van der Waals surface area contributed by atoms with Gasteiger partial charge in [0.25, 0.3) is 0 Å². The summed E-state index contributed by atoms with van der Waals surface area (Å²) in [6.07, 6.45) is -3.28. The Balaban J connectivity index is 0.00000312. The van der Waals surface area contributed by atoms with E-state index in [2.05, 4.69) is 15.3 Å². The Bertz CT molecular complexity index is 705. The lowest BCUT2D eigenvalue weighted by molar-refractivity contribution is -0.139. The van der Waals surface area contributed by atoms with Crippen molar-refractivity contribution in [1.82, 2.24) is 4.98 Å². The maximum atomic E-state index is 12.8. The van der Waals surface area contributed by atoms with Gasteiger partial charge in [-0.2, -0.15) is 13.2 Å². The van der Waals surface area contributed by atoms with E-state index in [9.17, 15) is 13.2 Å². The summed E-state index contributed by atoms with van der Waals surface area (Å²) in [6, 6.07) is 9.64. The molecule has 136 valence electrons. The maximum Gasteiger partial charge on any atom is 0.421 e. The standard InChI is InChI=1S/C16H17F3N4O.HI/c1-11-4-6-12(7-5-11)23-15(20)22-9-10-24-14-13(16(17,18)19)3-2-8-21-14;/h2-8H,9-10H2,1H3,(H3,20,22,23);1H. The first kappa shape index (κ1) is 21.0. The Morgan fingerprint density at radius 2 is 1.92 bits per heavy atom. The first-order chi connectivity index (χ1) is 11.4. The minimum Gasteiger partial charge on any atom is -0.475 e. The third kappa shape index (κ3) is 6.77. The minimum atomic E-state index is -4.51. The number of nitrogens with one attached hydrogen (secondary N) is 1. The summed E-state index contributed by atoms with van der Waals surface area (Å²) >= 11 is 0. The molecule has 2 rings (SSSR count). The lowest BCUT2D eigenvalue weighted by atomic mass is 10.2. The fourth-order valence-electron chi connectivity index (χ4n) is 1.85. The van der Waals surface area contributed by atoms with Gasteiger partial charge in [-0.05, 0) is 31.2 Å². The normalized spacial score (nSPS) is 11.6. The number of benzene rings is 1. The Labute approximate surface area is 160 Å². The van der Waals surface area contributed by atoms with E-state index in [1.807, 2.05) is 31.2 Å². The average molecular weight is 466 g/mol. The van der Waals surface area contributed by atoms with Crippen LogP contribution in [0.15, 0.2) is 47.6 Å². The molecule has 3 N–H and O–H groups in total. The van der Waals surface area contributed by atoms with Crippen LogP contribution in [0.1, 0.15) is 11.1 Å². The van der Waals surface area contributed by atoms with Crippen molar-refractivity contribution in [2.24, 2.45) is 10.7 Å². The van der Waals surface area contributed by atoms with Crippen molar-refractivity contribution in [3.63, 3.8) is 0 Å². The molecule has 1 aromatic carbocycles. The summed E-state index contributed by atoms with van der Waals surface area (Å²) in [6.45, 7) is 1.99. The Kier molecular flexibility index (Phi) is 7.94. The van der Waals surface area contributed by atoms with Gasteiger partial charge < -0.3 is 15.8 Å². The van der Waals surface area contributed by atoms with Gasteiger partial charge in [0.1, 0.15) is 12.2 Å². The van der Waals surface area contributed by atoms with Crippen molar-refractivity contribution in [3.8, 4) is 5.88 Å². The molecule has 0 unspecified atom stereocenters. The van der Waals surface area contributed by atoms with Crippen LogP contribution in [0.25, 0.3) is 0 Å². The largest absolute Gasteiger partial charge is 0.475 e. The molecule has 0 fully saturated rings. The van der Waals surface area contributed by atoms with Gasteiger partial charge in [-0.25, -0.2) is 9.98 Å². The number of guanidine groups is 1. The van der Waals surface area contributed by atoms with Crippen LogP contribution < -0.4 is 15.8 Å². The molecule has 5 nitrogen and oxygen atoms in total. The fraction of sp³-hybridized carbons (Fsp3) is 0.250. The van der Waals surface area contributed by atoms with Gasteiger partial charge in [0, 0.05) is 11.9 Å². The highest BCUT2D eigenvalue weighted by molar-refractivity contribution is 14.0. The number of halogens is 4. The van der Waals surface area contributed by atoms with Crippen LogP contribution in [-0.2, 0) is 6.18 Å². The summed E-state index contributed by atoms with van der Waals surface area (Å²) in [4.78, 5) is 7.60. The van der Waals surface area contributed by atoms with E-state index in [1.165, 1.54) is 12.3 Å². The summed E-state index contributed by atoms with van der Waals surface area (Å²) in [5.41, 5.74) is 6.67. The number of aryl methyl sites for hydroxylation is 1. The maximum absolute atomic E-state index is 12.8. The van der Waals surface area contributed by atoms with Crippen LogP contribution >= 0.6 is 24.0 Å². The molecule has 9 heteroatoms. The zero-order valence-electron chi connectivity index (χ0n) is 13.4. The number of nitrogens with two attached hydrogens (primary N) is 1. The number of ether oxygens (including phenoxy) is 1. The predicted molar refractivity (Wildman–Crippen MR) is 101 cm³/mol. The lowest BCUT2D eigenvalue weighted by Gasteiger charge is -2.11. The second kappa shape index (κ2) is 9.44. The molecule has 0 radical (unpaired) electrons. The monoisotopic (exact) mass is 466 g/mol. The number of hydrogen-bond acceptors (Lipinski definition) is 3. The molecule has 0 bridgehead atoms. The molecule has 0 saturated heterocycles.